The van der Waals surface area contributed by atoms with Gasteiger partial charge in [-0.2, -0.15) is 0 Å². The van der Waals surface area contributed by atoms with E-state index in [2.05, 4.69) is 10.0 Å². The first-order chi connectivity index (χ1) is 13.7. The van der Waals surface area contributed by atoms with Gasteiger partial charge in [-0.1, -0.05) is 42.5 Å². The zero-order chi connectivity index (χ0) is 21.1. The number of carbonyl (C=O) groups is 1. The van der Waals surface area contributed by atoms with Crippen molar-refractivity contribution < 1.29 is 13.2 Å². The second-order valence-electron chi connectivity index (χ2n) is 8.37. The molecule has 0 radical (unpaired) electrons. The number of hydrogen-bond acceptors (Lipinski definition) is 3. The van der Waals surface area contributed by atoms with E-state index in [0.717, 1.165) is 16.8 Å². The van der Waals surface area contributed by atoms with E-state index < -0.39 is 14.8 Å². The Bertz CT molecular complexity index is 928. The van der Waals surface area contributed by atoms with Crippen LogP contribution >= 0.6 is 0 Å². The molecular formula is C22H29N3O3S. The number of anilines is 1. The van der Waals surface area contributed by atoms with Gasteiger partial charge in [0.1, 0.15) is 0 Å². The van der Waals surface area contributed by atoms with Crippen molar-refractivity contribution in [2.24, 2.45) is 0 Å². The summed E-state index contributed by atoms with van der Waals surface area (Å²) in [7, 11) is -3.38. The average molecular weight is 416 g/mol. The van der Waals surface area contributed by atoms with E-state index in [4.69, 9.17) is 0 Å². The molecule has 0 atom stereocenters. The molecule has 29 heavy (non-hydrogen) atoms. The van der Waals surface area contributed by atoms with E-state index in [9.17, 15) is 13.2 Å². The van der Waals surface area contributed by atoms with Crippen LogP contribution in [0.2, 0.25) is 0 Å². The maximum atomic E-state index is 12.5. The van der Waals surface area contributed by atoms with Gasteiger partial charge >= 0.3 is 6.03 Å². The minimum absolute atomic E-state index is 0.131. The molecule has 2 N–H and O–H groups in total. The topological polar surface area (TPSA) is 78.5 Å². The van der Waals surface area contributed by atoms with Crippen molar-refractivity contribution in [2.75, 3.05) is 18.4 Å². The molecule has 0 spiro atoms. The number of amides is 2. The molecule has 6 nitrogen and oxygen atoms in total. The van der Waals surface area contributed by atoms with E-state index in [1.165, 1.54) is 0 Å². The standard InChI is InChI=1S/C22H29N3O3S/c1-22(2,3)29(27,28)24-20-13-15-25(16-14-20)21(26)23-19-11-9-18(10-12-19)17-7-5-4-6-8-17/h4-12,20,24H,13-16H2,1-3H3,(H,23,26). The Morgan fingerprint density at radius 1 is 0.931 bits per heavy atom. The van der Waals surface area contributed by atoms with Crippen molar-refractivity contribution in [1.82, 2.24) is 9.62 Å². The number of hydrogen-bond donors (Lipinski definition) is 2. The van der Waals surface area contributed by atoms with Crippen LogP contribution in [-0.4, -0.2) is 43.2 Å². The smallest absolute Gasteiger partial charge is 0.321 e. The highest BCUT2D eigenvalue weighted by Gasteiger charge is 2.33. The molecule has 2 amide bonds. The Morgan fingerprint density at radius 3 is 2.03 bits per heavy atom. The van der Waals surface area contributed by atoms with Gasteiger partial charge in [0.2, 0.25) is 10.0 Å². The lowest BCUT2D eigenvalue weighted by atomic mass is 10.1. The first kappa shape index (κ1) is 21.3. The third-order valence-corrected chi connectivity index (χ3v) is 7.41. The Kier molecular flexibility index (Phi) is 6.29. The molecule has 7 heteroatoms. The number of nitrogens with one attached hydrogen (secondary N) is 2. The van der Waals surface area contributed by atoms with E-state index in [0.29, 0.717) is 25.9 Å². The van der Waals surface area contributed by atoms with Gasteiger partial charge in [-0.15, -0.1) is 0 Å². The van der Waals surface area contributed by atoms with Crippen LogP contribution < -0.4 is 10.0 Å². The predicted octanol–water partition coefficient (Wildman–Crippen LogP) is 4.07. The molecule has 2 aromatic carbocycles. The van der Waals surface area contributed by atoms with Crippen LogP contribution in [0, 0.1) is 0 Å². The van der Waals surface area contributed by atoms with Crippen molar-refractivity contribution in [3.63, 3.8) is 0 Å². The summed E-state index contributed by atoms with van der Waals surface area (Å²) in [6, 6.07) is 17.5. The average Bonchev–Trinajstić information content (AvgIpc) is 2.68. The molecule has 0 aromatic heterocycles. The van der Waals surface area contributed by atoms with Crippen LogP contribution in [0.3, 0.4) is 0 Å². The van der Waals surface area contributed by atoms with E-state index >= 15 is 0 Å². The third-order valence-electron chi connectivity index (χ3n) is 5.15. The lowest BCUT2D eigenvalue weighted by Gasteiger charge is -2.33. The fraction of sp³-hybridized carbons (Fsp3) is 0.409. The van der Waals surface area contributed by atoms with Crippen molar-refractivity contribution in [3.05, 3.63) is 54.6 Å². The second-order valence-corrected chi connectivity index (χ2v) is 10.8. The molecular weight excluding hydrogens is 386 g/mol. The second kappa shape index (κ2) is 8.55. The Balaban J connectivity index is 1.52. The minimum Gasteiger partial charge on any atom is -0.324 e. The highest BCUT2D eigenvalue weighted by Crippen LogP contribution is 2.22. The largest absolute Gasteiger partial charge is 0.324 e. The maximum absolute atomic E-state index is 12.5. The molecule has 1 fully saturated rings. The summed E-state index contributed by atoms with van der Waals surface area (Å²) in [6.45, 7) is 6.08. The number of piperidine rings is 1. The number of carbonyl (C=O) groups excluding carboxylic acids is 1. The molecule has 1 aliphatic rings. The predicted molar refractivity (Wildman–Crippen MR) is 117 cm³/mol. The van der Waals surface area contributed by atoms with Crippen molar-refractivity contribution >= 4 is 21.7 Å². The quantitative estimate of drug-likeness (QED) is 0.790. The van der Waals surface area contributed by atoms with Crippen molar-refractivity contribution in [1.29, 1.82) is 0 Å². The fourth-order valence-electron chi connectivity index (χ4n) is 3.18. The number of likely N-dealkylation sites (tertiary alicyclic amines) is 1. The van der Waals surface area contributed by atoms with E-state index in [1.54, 1.807) is 25.7 Å². The lowest BCUT2D eigenvalue weighted by molar-refractivity contribution is 0.193. The Labute approximate surface area is 173 Å². The molecule has 1 heterocycles. The van der Waals surface area contributed by atoms with Gasteiger partial charge in [0.25, 0.3) is 0 Å². The van der Waals surface area contributed by atoms with Gasteiger partial charge in [0.05, 0.1) is 4.75 Å². The van der Waals surface area contributed by atoms with Crippen LogP contribution in [0.5, 0.6) is 0 Å². The number of urea groups is 1. The van der Waals surface area contributed by atoms with Gasteiger partial charge in [0, 0.05) is 24.8 Å². The number of rotatable bonds is 4. The Morgan fingerprint density at radius 2 is 1.48 bits per heavy atom. The van der Waals surface area contributed by atoms with Crippen LogP contribution in [0.4, 0.5) is 10.5 Å². The summed E-state index contributed by atoms with van der Waals surface area (Å²) >= 11 is 0. The minimum atomic E-state index is -3.38. The van der Waals surface area contributed by atoms with Gasteiger partial charge in [-0.05, 0) is 56.9 Å². The highest BCUT2D eigenvalue weighted by atomic mass is 32.2. The fourth-order valence-corrected chi connectivity index (χ4v) is 4.20. The monoisotopic (exact) mass is 415 g/mol. The van der Waals surface area contributed by atoms with Crippen molar-refractivity contribution in [3.8, 4) is 11.1 Å². The van der Waals surface area contributed by atoms with Gasteiger partial charge < -0.3 is 10.2 Å². The first-order valence-corrected chi connectivity index (χ1v) is 11.4. The summed E-state index contributed by atoms with van der Waals surface area (Å²) in [4.78, 5) is 14.3. The molecule has 3 rings (SSSR count). The van der Waals surface area contributed by atoms with Gasteiger partial charge in [0.15, 0.2) is 0 Å². The summed E-state index contributed by atoms with van der Waals surface area (Å²) in [5.74, 6) is 0. The molecule has 0 bridgehead atoms. The maximum Gasteiger partial charge on any atom is 0.321 e. The summed E-state index contributed by atoms with van der Waals surface area (Å²) < 4.78 is 26.5. The van der Waals surface area contributed by atoms with Gasteiger partial charge in [-0.3, -0.25) is 0 Å². The normalized spacial score (nSPS) is 15.9. The van der Waals surface area contributed by atoms with Crippen molar-refractivity contribution in [2.45, 2.75) is 44.4 Å². The zero-order valence-electron chi connectivity index (χ0n) is 17.2. The number of nitrogens with zero attached hydrogens (tertiary/aromatic N) is 1. The van der Waals surface area contributed by atoms with Gasteiger partial charge in [-0.25, -0.2) is 17.9 Å². The molecule has 2 aromatic rings. The van der Waals surface area contributed by atoms with Crippen LogP contribution in [0.15, 0.2) is 54.6 Å². The Hall–Kier alpha value is -2.38. The number of benzene rings is 2. The number of sulfonamides is 1. The lowest BCUT2D eigenvalue weighted by Crippen LogP contribution is -2.50. The van der Waals surface area contributed by atoms with E-state index in [-0.39, 0.29) is 12.1 Å². The van der Waals surface area contributed by atoms with Crippen LogP contribution in [0.1, 0.15) is 33.6 Å². The molecule has 1 saturated heterocycles. The zero-order valence-corrected chi connectivity index (χ0v) is 18.0. The SMILES string of the molecule is CC(C)(C)S(=O)(=O)NC1CCN(C(=O)Nc2ccc(-c3ccccc3)cc2)CC1. The molecule has 0 aliphatic carbocycles. The first-order valence-electron chi connectivity index (χ1n) is 9.89. The van der Waals surface area contributed by atoms with E-state index in [1.807, 2.05) is 54.6 Å². The molecule has 0 unspecified atom stereocenters. The van der Waals surface area contributed by atoms with Crippen LogP contribution in [0.25, 0.3) is 11.1 Å². The summed E-state index contributed by atoms with van der Waals surface area (Å²) in [5, 5.41) is 2.93. The van der Waals surface area contributed by atoms with Crippen LogP contribution in [-0.2, 0) is 10.0 Å². The highest BCUT2D eigenvalue weighted by molar-refractivity contribution is 7.90. The molecule has 0 saturated carbocycles. The summed E-state index contributed by atoms with van der Waals surface area (Å²) in [5.41, 5.74) is 2.96. The molecule has 1 aliphatic heterocycles. The summed E-state index contributed by atoms with van der Waals surface area (Å²) in [6.07, 6.45) is 1.21. The molecule has 156 valence electrons. The third kappa shape index (κ3) is 5.36.